The Hall–Kier alpha value is -2.20. The highest BCUT2D eigenvalue weighted by Crippen LogP contribution is 2.27. The number of nitrogens with two attached hydrogens (primary N) is 2. The highest BCUT2D eigenvalue weighted by atomic mass is 35.5. The number of primary amides is 1. The number of anilines is 3. The van der Waals surface area contributed by atoms with Crippen LogP contribution >= 0.6 is 23.2 Å². The van der Waals surface area contributed by atoms with Crippen LogP contribution in [0.15, 0.2) is 18.2 Å². The van der Waals surface area contributed by atoms with E-state index in [0.29, 0.717) is 35.4 Å². The Labute approximate surface area is 159 Å². The minimum absolute atomic E-state index is 0.0668. The molecule has 0 spiro atoms. The molecule has 138 valence electrons. The molecule has 1 aliphatic rings. The summed E-state index contributed by atoms with van der Waals surface area (Å²) in [7, 11) is 0. The molecular weight excluding hydrogens is 381 g/mol. The predicted octanol–water partition coefficient (Wildman–Crippen LogP) is 1.55. The van der Waals surface area contributed by atoms with Gasteiger partial charge in [0.1, 0.15) is 0 Å². The van der Waals surface area contributed by atoms with E-state index in [2.05, 4.69) is 25.8 Å². The average Bonchev–Trinajstić information content (AvgIpc) is 2.60. The molecule has 1 aliphatic heterocycles. The van der Waals surface area contributed by atoms with Crippen LogP contribution in [0.4, 0.5) is 17.5 Å². The zero-order valence-corrected chi connectivity index (χ0v) is 15.1. The summed E-state index contributed by atoms with van der Waals surface area (Å²) in [5, 5.41) is 14.6. The van der Waals surface area contributed by atoms with Gasteiger partial charge < -0.3 is 26.8 Å². The summed E-state index contributed by atoms with van der Waals surface area (Å²) in [6, 6.07) is 4.63. The van der Waals surface area contributed by atoms with Crippen molar-refractivity contribution in [2.75, 3.05) is 23.8 Å². The summed E-state index contributed by atoms with van der Waals surface area (Å²) in [6.07, 6.45) is 0.706. The van der Waals surface area contributed by atoms with E-state index in [1.54, 1.807) is 18.2 Å². The Bertz CT molecular complexity index is 821. The molecule has 1 aromatic heterocycles. The van der Waals surface area contributed by atoms with Gasteiger partial charge >= 0.3 is 0 Å². The normalized spacial score (nSPS) is 19.8. The van der Waals surface area contributed by atoms with Crippen LogP contribution in [-0.4, -0.2) is 46.4 Å². The van der Waals surface area contributed by atoms with Crippen LogP contribution in [-0.2, 0) is 4.74 Å². The molecule has 0 bridgehead atoms. The van der Waals surface area contributed by atoms with Gasteiger partial charge in [0, 0.05) is 24.4 Å². The van der Waals surface area contributed by atoms with Crippen LogP contribution < -0.4 is 22.1 Å². The smallest absolute Gasteiger partial charge is 0.273 e. The van der Waals surface area contributed by atoms with E-state index in [4.69, 9.17) is 39.4 Å². The molecule has 0 aliphatic carbocycles. The number of amides is 1. The second-order valence-electron chi connectivity index (χ2n) is 5.73. The molecule has 6 N–H and O–H groups in total. The van der Waals surface area contributed by atoms with Gasteiger partial charge in [-0.05, 0) is 24.6 Å². The first kappa shape index (κ1) is 18.6. The number of halogens is 2. The summed E-state index contributed by atoms with van der Waals surface area (Å²) >= 11 is 11.9. The summed E-state index contributed by atoms with van der Waals surface area (Å²) in [6.45, 7) is 1.03. The Balaban J connectivity index is 1.86. The average molecular weight is 398 g/mol. The van der Waals surface area contributed by atoms with Crippen molar-refractivity contribution in [2.45, 2.75) is 18.5 Å². The van der Waals surface area contributed by atoms with Gasteiger partial charge in [0.25, 0.3) is 5.91 Å². The standard InChI is InChI=1S/C15H17Cl2N7O2/c16-8-2-1-7(5-9(8)17)20-14-12(13(19)25)23-24-15(22-14)21-11-3-4-26-6-10(11)18/h1-2,5,10-11H,3-4,6,18H2,(H2,19,25)(H2,20,21,22,24)/t10-,11+/m0/s1. The minimum atomic E-state index is -0.762. The molecule has 2 atom stereocenters. The maximum absolute atomic E-state index is 11.6. The zero-order valence-electron chi connectivity index (χ0n) is 13.6. The summed E-state index contributed by atoms with van der Waals surface area (Å²) in [4.78, 5) is 15.9. The Morgan fingerprint density at radius 3 is 2.77 bits per heavy atom. The molecule has 1 aromatic carbocycles. The molecule has 1 fully saturated rings. The number of nitrogens with one attached hydrogen (secondary N) is 2. The van der Waals surface area contributed by atoms with E-state index in [0.717, 1.165) is 0 Å². The number of aromatic nitrogens is 3. The SMILES string of the molecule is NC(=O)c1nnc(N[C@@H]2CCOC[C@@H]2N)nc1Nc1ccc(Cl)c(Cl)c1. The first-order valence-corrected chi connectivity index (χ1v) is 8.56. The van der Waals surface area contributed by atoms with Crippen molar-refractivity contribution in [3.8, 4) is 0 Å². The number of rotatable bonds is 5. The number of carbonyl (C=O) groups excluding carboxylic acids is 1. The van der Waals surface area contributed by atoms with Crippen molar-refractivity contribution < 1.29 is 9.53 Å². The quantitative estimate of drug-likeness (QED) is 0.595. The Kier molecular flexibility index (Phi) is 5.72. The van der Waals surface area contributed by atoms with Crippen LogP contribution in [0.5, 0.6) is 0 Å². The van der Waals surface area contributed by atoms with Crippen LogP contribution in [0.2, 0.25) is 10.0 Å². The lowest BCUT2D eigenvalue weighted by atomic mass is 10.1. The molecule has 3 rings (SSSR count). The van der Waals surface area contributed by atoms with Gasteiger partial charge in [-0.3, -0.25) is 4.79 Å². The van der Waals surface area contributed by atoms with E-state index < -0.39 is 5.91 Å². The van der Waals surface area contributed by atoms with Crippen LogP contribution in [0.25, 0.3) is 0 Å². The predicted molar refractivity (Wildman–Crippen MR) is 98.9 cm³/mol. The summed E-state index contributed by atoms with van der Waals surface area (Å²) in [5.74, 6) is -0.393. The third-order valence-corrected chi connectivity index (χ3v) is 4.56. The van der Waals surface area contributed by atoms with Gasteiger partial charge in [0.05, 0.1) is 16.7 Å². The lowest BCUT2D eigenvalue weighted by Gasteiger charge is -2.29. The molecule has 0 saturated carbocycles. The van der Waals surface area contributed by atoms with E-state index >= 15 is 0 Å². The first-order chi connectivity index (χ1) is 12.4. The van der Waals surface area contributed by atoms with Crippen LogP contribution in [0, 0.1) is 0 Å². The van der Waals surface area contributed by atoms with Gasteiger partial charge in [-0.15, -0.1) is 10.2 Å². The largest absolute Gasteiger partial charge is 0.380 e. The van der Waals surface area contributed by atoms with Crippen LogP contribution in [0.3, 0.4) is 0 Å². The van der Waals surface area contributed by atoms with Crippen molar-refractivity contribution in [1.29, 1.82) is 0 Å². The van der Waals surface area contributed by atoms with Gasteiger partial charge in [0.2, 0.25) is 5.95 Å². The lowest BCUT2D eigenvalue weighted by Crippen LogP contribution is -2.48. The molecule has 9 nitrogen and oxygen atoms in total. The van der Waals surface area contributed by atoms with E-state index in [1.807, 2.05) is 0 Å². The molecule has 26 heavy (non-hydrogen) atoms. The Morgan fingerprint density at radius 1 is 1.27 bits per heavy atom. The zero-order chi connectivity index (χ0) is 18.7. The lowest BCUT2D eigenvalue weighted by molar-refractivity contribution is 0.0751. The van der Waals surface area contributed by atoms with Gasteiger partial charge in [0.15, 0.2) is 11.5 Å². The number of benzene rings is 1. The summed E-state index contributed by atoms with van der Waals surface area (Å²) < 4.78 is 5.31. The fourth-order valence-electron chi connectivity index (χ4n) is 2.46. The molecule has 2 aromatic rings. The molecule has 2 heterocycles. The van der Waals surface area contributed by atoms with Crippen LogP contribution in [0.1, 0.15) is 16.9 Å². The number of hydrogen-bond donors (Lipinski definition) is 4. The second-order valence-corrected chi connectivity index (χ2v) is 6.54. The van der Waals surface area contributed by atoms with E-state index in [1.165, 1.54) is 0 Å². The molecule has 1 saturated heterocycles. The molecule has 0 radical (unpaired) electrons. The van der Waals surface area contributed by atoms with Crippen molar-refractivity contribution in [3.63, 3.8) is 0 Å². The highest BCUT2D eigenvalue weighted by Gasteiger charge is 2.24. The number of ether oxygens (including phenoxy) is 1. The van der Waals surface area contributed by atoms with Gasteiger partial charge in [-0.1, -0.05) is 23.2 Å². The molecule has 1 amide bonds. The minimum Gasteiger partial charge on any atom is -0.380 e. The van der Waals surface area contributed by atoms with Crippen molar-refractivity contribution in [1.82, 2.24) is 15.2 Å². The van der Waals surface area contributed by atoms with E-state index in [9.17, 15) is 4.79 Å². The Morgan fingerprint density at radius 2 is 2.08 bits per heavy atom. The monoisotopic (exact) mass is 397 g/mol. The molecule has 0 unspecified atom stereocenters. The van der Waals surface area contributed by atoms with Crippen molar-refractivity contribution in [2.24, 2.45) is 11.5 Å². The second kappa shape index (κ2) is 8.00. The molecular formula is C15H17Cl2N7O2. The third-order valence-electron chi connectivity index (χ3n) is 3.82. The van der Waals surface area contributed by atoms with Crippen molar-refractivity contribution in [3.05, 3.63) is 33.9 Å². The highest BCUT2D eigenvalue weighted by molar-refractivity contribution is 6.42. The molecule has 11 heteroatoms. The fourth-order valence-corrected chi connectivity index (χ4v) is 2.75. The number of nitrogens with zero attached hydrogens (tertiary/aromatic N) is 3. The van der Waals surface area contributed by atoms with Gasteiger partial charge in [-0.25, -0.2) is 0 Å². The third kappa shape index (κ3) is 4.31. The fraction of sp³-hybridized carbons (Fsp3) is 0.333. The maximum atomic E-state index is 11.6. The summed E-state index contributed by atoms with van der Waals surface area (Å²) in [5.41, 5.74) is 11.8. The maximum Gasteiger partial charge on any atom is 0.273 e. The number of hydrogen-bond acceptors (Lipinski definition) is 8. The van der Waals surface area contributed by atoms with E-state index in [-0.39, 0.29) is 29.5 Å². The number of carbonyl (C=O) groups is 1. The first-order valence-electron chi connectivity index (χ1n) is 7.80. The van der Waals surface area contributed by atoms with Crippen molar-refractivity contribution >= 4 is 46.6 Å². The van der Waals surface area contributed by atoms with Gasteiger partial charge in [-0.2, -0.15) is 4.98 Å². The topological polar surface area (TPSA) is 141 Å².